The Bertz CT molecular complexity index is 725. The lowest BCUT2D eigenvalue weighted by atomic mass is 10.1. The summed E-state index contributed by atoms with van der Waals surface area (Å²) in [5, 5.41) is 19.3. The Balaban J connectivity index is 1.96. The Kier molecular flexibility index (Phi) is 3.29. The minimum Gasteiger partial charge on any atom is -0.478 e. The molecule has 1 aliphatic carbocycles. The Morgan fingerprint density at radius 2 is 2.05 bits per heavy atom. The van der Waals surface area contributed by atoms with E-state index in [0.29, 0.717) is 22.0 Å². The van der Waals surface area contributed by atoms with Gasteiger partial charge in [0, 0.05) is 10.6 Å². The summed E-state index contributed by atoms with van der Waals surface area (Å²) in [5.41, 5.74) is 2.87. The minimum absolute atomic E-state index is 0.250. The molecule has 0 saturated carbocycles. The number of carbonyl (C=O) groups is 2. The van der Waals surface area contributed by atoms with Crippen LogP contribution in [0.3, 0.4) is 0 Å². The molecule has 2 aromatic rings. The van der Waals surface area contributed by atoms with Gasteiger partial charge in [-0.3, -0.25) is 9.89 Å². The second-order valence-electron chi connectivity index (χ2n) is 5.13. The third kappa shape index (κ3) is 2.23. The van der Waals surface area contributed by atoms with Gasteiger partial charge in [-0.2, -0.15) is 5.10 Å². The number of carboxylic acid groups (broad SMARTS) is 1. The van der Waals surface area contributed by atoms with Crippen molar-refractivity contribution >= 4 is 28.2 Å². The molecule has 0 spiro atoms. The van der Waals surface area contributed by atoms with E-state index < -0.39 is 5.97 Å². The lowest BCUT2D eigenvalue weighted by Crippen LogP contribution is -2.15. The van der Waals surface area contributed by atoms with Gasteiger partial charge in [0.05, 0.1) is 16.8 Å². The molecular weight excluding hydrogens is 290 g/mol. The van der Waals surface area contributed by atoms with Crippen molar-refractivity contribution < 1.29 is 14.7 Å². The zero-order valence-corrected chi connectivity index (χ0v) is 12.6. The molecule has 7 heteroatoms. The number of aromatic amines is 1. The minimum atomic E-state index is -0.981. The summed E-state index contributed by atoms with van der Waals surface area (Å²) in [7, 11) is 0. The van der Waals surface area contributed by atoms with E-state index >= 15 is 0 Å². The molecule has 1 amide bonds. The highest BCUT2D eigenvalue weighted by atomic mass is 32.1. The number of aromatic carboxylic acids is 1. The van der Waals surface area contributed by atoms with Crippen LogP contribution in [0.25, 0.3) is 0 Å². The van der Waals surface area contributed by atoms with Crippen LogP contribution in [0.1, 0.15) is 49.0 Å². The average molecular weight is 305 g/mol. The highest BCUT2D eigenvalue weighted by Gasteiger charge is 2.28. The van der Waals surface area contributed by atoms with Crippen molar-refractivity contribution in [3.8, 4) is 0 Å². The van der Waals surface area contributed by atoms with Gasteiger partial charge in [-0.25, -0.2) is 4.79 Å². The van der Waals surface area contributed by atoms with Crippen molar-refractivity contribution in [1.29, 1.82) is 0 Å². The lowest BCUT2D eigenvalue weighted by Gasteiger charge is -2.05. The third-order valence-corrected chi connectivity index (χ3v) is 4.92. The molecule has 21 heavy (non-hydrogen) atoms. The van der Waals surface area contributed by atoms with Gasteiger partial charge in [-0.05, 0) is 38.7 Å². The lowest BCUT2D eigenvalue weighted by molar-refractivity contribution is 0.0697. The van der Waals surface area contributed by atoms with Crippen molar-refractivity contribution in [2.45, 2.75) is 33.1 Å². The van der Waals surface area contributed by atoms with Gasteiger partial charge < -0.3 is 10.4 Å². The largest absolute Gasteiger partial charge is 0.478 e. The Morgan fingerprint density at radius 3 is 2.67 bits per heavy atom. The summed E-state index contributed by atoms with van der Waals surface area (Å²) >= 11 is 1.37. The van der Waals surface area contributed by atoms with Crippen LogP contribution in [-0.2, 0) is 12.8 Å². The van der Waals surface area contributed by atoms with E-state index in [0.717, 1.165) is 29.7 Å². The number of rotatable bonds is 3. The summed E-state index contributed by atoms with van der Waals surface area (Å²) in [6, 6.07) is 0. The molecular formula is C14H15N3O3S. The van der Waals surface area contributed by atoms with Gasteiger partial charge in [0.15, 0.2) is 0 Å². The number of anilines is 1. The van der Waals surface area contributed by atoms with Crippen LogP contribution < -0.4 is 5.32 Å². The second-order valence-corrected chi connectivity index (χ2v) is 6.23. The number of aromatic nitrogens is 2. The molecule has 0 saturated heterocycles. The molecule has 1 aliphatic rings. The predicted octanol–water partition coefficient (Wildman–Crippen LogP) is 2.53. The van der Waals surface area contributed by atoms with Crippen molar-refractivity contribution in [2.75, 3.05) is 5.32 Å². The van der Waals surface area contributed by atoms with Crippen LogP contribution in [0.2, 0.25) is 0 Å². The molecule has 2 aromatic heterocycles. The number of fused-ring (bicyclic) bond motifs is 1. The number of H-pyrrole nitrogens is 1. The first-order chi connectivity index (χ1) is 9.99. The first-order valence-corrected chi connectivity index (χ1v) is 7.51. The molecule has 110 valence electrons. The Hall–Kier alpha value is -2.15. The summed E-state index contributed by atoms with van der Waals surface area (Å²) in [4.78, 5) is 24.9. The van der Waals surface area contributed by atoms with E-state index in [4.69, 9.17) is 0 Å². The monoisotopic (exact) mass is 305 g/mol. The molecule has 0 unspecified atom stereocenters. The van der Waals surface area contributed by atoms with E-state index in [1.165, 1.54) is 11.3 Å². The van der Waals surface area contributed by atoms with Crippen LogP contribution >= 0.6 is 11.3 Å². The van der Waals surface area contributed by atoms with Crippen molar-refractivity contribution in [2.24, 2.45) is 0 Å². The number of carboxylic acids is 1. The Labute approximate surface area is 125 Å². The first kappa shape index (κ1) is 13.8. The van der Waals surface area contributed by atoms with E-state index in [9.17, 15) is 14.7 Å². The molecule has 0 atom stereocenters. The Morgan fingerprint density at radius 1 is 1.29 bits per heavy atom. The summed E-state index contributed by atoms with van der Waals surface area (Å²) in [6.45, 7) is 3.51. The number of aryl methyl sites for hydroxylation is 3. The van der Waals surface area contributed by atoms with Gasteiger partial charge >= 0.3 is 5.97 Å². The highest BCUT2D eigenvalue weighted by molar-refractivity contribution is 7.17. The van der Waals surface area contributed by atoms with Gasteiger partial charge in [0.2, 0.25) is 0 Å². The normalized spacial score (nSPS) is 13.2. The molecule has 3 rings (SSSR count). The van der Waals surface area contributed by atoms with Crippen molar-refractivity contribution in [1.82, 2.24) is 10.2 Å². The fourth-order valence-corrected chi connectivity index (χ4v) is 4.05. The summed E-state index contributed by atoms with van der Waals surface area (Å²) < 4.78 is 0. The fraction of sp³-hybridized carbons (Fsp3) is 0.357. The number of hydrogen-bond donors (Lipinski definition) is 3. The first-order valence-electron chi connectivity index (χ1n) is 6.69. The van der Waals surface area contributed by atoms with Gasteiger partial charge in [-0.15, -0.1) is 11.3 Å². The maximum absolute atomic E-state index is 12.4. The van der Waals surface area contributed by atoms with Crippen molar-refractivity contribution in [3.05, 3.63) is 33.0 Å². The molecule has 2 heterocycles. The highest BCUT2D eigenvalue weighted by Crippen LogP contribution is 2.39. The van der Waals surface area contributed by atoms with Crippen LogP contribution in [0.4, 0.5) is 5.00 Å². The smallest absolute Gasteiger partial charge is 0.339 e. The molecule has 0 bridgehead atoms. The van der Waals surface area contributed by atoms with E-state index in [1.54, 1.807) is 13.8 Å². The maximum Gasteiger partial charge on any atom is 0.339 e. The topological polar surface area (TPSA) is 95.1 Å². The number of carbonyl (C=O) groups excluding carboxylic acids is 1. The number of thiophene rings is 1. The molecule has 0 radical (unpaired) electrons. The van der Waals surface area contributed by atoms with E-state index in [2.05, 4.69) is 15.5 Å². The summed E-state index contributed by atoms with van der Waals surface area (Å²) in [5.74, 6) is -1.30. The number of amides is 1. The second kappa shape index (κ2) is 5.00. The van der Waals surface area contributed by atoms with E-state index in [-0.39, 0.29) is 11.5 Å². The maximum atomic E-state index is 12.4. The third-order valence-electron chi connectivity index (χ3n) is 3.72. The van der Waals surface area contributed by atoms with Gasteiger partial charge in [0.25, 0.3) is 5.91 Å². The molecule has 3 N–H and O–H groups in total. The quantitative estimate of drug-likeness (QED) is 0.812. The van der Waals surface area contributed by atoms with Gasteiger partial charge in [-0.1, -0.05) is 0 Å². The zero-order valence-electron chi connectivity index (χ0n) is 11.7. The fourth-order valence-electron chi connectivity index (χ4n) is 2.77. The number of nitrogens with zero attached hydrogens (tertiary/aromatic N) is 1. The van der Waals surface area contributed by atoms with Crippen LogP contribution in [0, 0.1) is 13.8 Å². The molecule has 0 aliphatic heterocycles. The molecule has 0 fully saturated rings. The standard InChI is InChI=1S/C14H15N3O3S/c1-6-10(7(2)17-16-6)12(18)15-13-11(14(19)20)8-4-3-5-9(8)21-13/h3-5H2,1-2H3,(H,15,18)(H,16,17)(H,19,20). The van der Waals surface area contributed by atoms with Crippen molar-refractivity contribution in [3.63, 3.8) is 0 Å². The number of hydrogen-bond acceptors (Lipinski definition) is 4. The molecule has 0 aromatic carbocycles. The average Bonchev–Trinajstić information content (AvgIpc) is 3.03. The number of nitrogens with one attached hydrogen (secondary N) is 2. The van der Waals surface area contributed by atoms with Crippen LogP contribution in [0.5, 0.6) is 0 Å². The zero-order chi connectivity index (χ0) is 15.1. The van der Waals surface area contributed by atoms with Crippen LogP contribution in [-0.4, -0.2) is 27.2 Å². The SMILES string of the molecule is Cc1n[nH]c(C)c1C(=O)Nc1sc2c(c1C(=O)O)CCC2. The predicted molar refractivity (Wildman–Crippen MR) is 79.3 cm³/mol. The van der Waals surface area contributed by atoms with Crippen LogP contribution in [0.15, 0.2) is 0 Å². The summed E-state index contributed by atoms with van der Waals surface area (Å²) in [6.07, 6.45) is 2.64. The molecule has 6 nitrogen and oxygen atoms in total. The van der Waals surface area contributed by atoms with Gasteiger partial charge in [0.1, 0.15) is 5.00 Å². The van der Waals surface area contributed by atoms with E-state index in [1.807, 2.05) is 0 Å².